The fraction of sp³-hybridized carbons (Fsp3) is 0.432. The van der Waals surface area contributed by atoms with Crippen molar-refractivity contribution in [2.45, 2.75) is 138 Å². The average Bonchev–Trinajstić information content (AvgIpc) is 1.66. The number of phenols is 1. The molecule has 668 valence electrons. The van der Waals surface area contributed by atoms with Crippen molar-refractivity contribution in [3.8, 4) is 57.5 Å². The Morgan fingerprint density at radius 1 is 0.416 bits per heavy atom. The van der Waals surface area contributed by atoms with Crippen LogP contribution < -0.4 is 42.6 Å². The minimum atomic E-state index is -4.21. The molecule has 0 spiro atoms. The van der Waals surface area contributed by atoms with Gasteiger partial charge in [-0.3, -0.25) is 32.2 Å². The molecule has 4 unspecified atom stereocenters. The number of aromatic hydroxyl groups is 1. The predicted octanol–water partition coefficient (Wildman–Crippen LogP) is 11.6. The number of benzene rings is 8. The second-order valence-electron chi connectivity index (χ2n) is 30.5. The number of methoxy groups -OCH3 is 4. The van der Waals surface area contributed by atoms with Crippen LogP contribution >= 0.6 is 27.2 Å². The van der Waals surface area contributed by atoms with Crippen molar-refractivity contribution < 1.29 is 161 Å². The molecule has 8 aromatic carbocycles. The van der Waals surface area contributed by atoms with E-state index in [0.29, 0.717) is 56.4 Å². The number of phenolic OH excluding ortho intramolecular Hbond substituents is 1. The summed E-state index contributed by atoms with van der Waals surface area (Å²) in [4.78, 5) is 27.3. The maximum Gasteiger partial charge on any atom is 0.478 e. The number of halogens is 1. The lowest BCUT2D eigenvalue weighted by atomic mass is 9.66. The third kappa shape index (κ3) is 19.5. The molecule has 125 heavy (non-hydrogen) atoms. The molecular weight excluding hydrogens is 1700 g/mol. The first-order valence-corrected chi connectivity index (χ1v) is 43.8. The first-order chi connectivity index (χ1) is 60.6. The smallest absolute Gasteiger partial charge is 0.478 e. The molecule has 8 aliphatic heterocycles. The molecule has 5 N–H and O–H groups in total. The Morgan fingerprint density at radius 2 is 0.760 bits per heavy atom. The Kier molecular flexibility index (Phi) is 28.2. The van der Waals surface area contributed by atoms with Gasteiger partial charge in [0.1, 0.15) is 54.9 Å². The molecule has 0 saturated carbocycles. The minimum Gasteiger partial charge on any atom is -0.502 e. The maximum atomic E-state index is 14.0. The third-order valence-corrected chi connectivity index (χ3v) is 25.9. The van der Waals surface area contributed by atoms with Crippen molar-refractivity contribution in [1.82, 2.24) is 0 Å². The molecule has 0 radical (unpaired) electrons. The Hall–Kier alpha value is -9.27. The number of esters is 2. The van der Waals surface area contributed by atoms with Gasteiger partial charge in [0.25, 0.3) is 0 Å². The summed E-state index contributed by atoms with van der Waals surface area (Å²) in [5.74, 6) is -2.10. The average molecular weight is 1790 g/mol. The fourth-order valence-corrected chi connectivity index (χ4v) is 19.3. The van der Waals surface area contributed by atoms with Crippen LogP contribution in [0, 0.1) is 23.7 Å². The van der Waals surface area contributed by atoms with E-state index in [9.17, 15) is 44.3 Å². The third-order valence-electron chi connectivity index (χ3n) is 23.0. The fourth-order valence-electron chi connectivity index (χ4n) is 16.9. The lowest BCUT2D eigenvalue weighted by Crippen LogP contribution is -2.63. The summed E-state index contributed by atoms with van der Waals surface area (Å²) in [5, 5.41) is 54.9. The van der Waals surface area contributed by atoms with E-state index < -0.39 is 156 Å². The summed E-state index contributed by atoms with van der Waals surface area (Å²) in [6.45, 7) is 3.30. The zero-order chi connectivity index (χ0) is 87.2. The summed E-state index contributed by atoms with van der Waals surface area (Å²) < 4.78 is 170. The van der Waals surface area contributed by atoms with Gasteiger partial charge in [-0.1, -0.05) is 133 Å². The van der Waals surface area contributed by atoms with Crippen LogP contribution in [0.25, 0.3) is 0 Å². The van der Waals surface area contributed by atoms with Crippen LogP contribution in [0.4, 0.5) is 0 Å². The zero-order valence-corrected chi connectivity index (χ0v) is 71.1. The van der Waals surface area contributed by atoms with Gasteiger partial charge >= 0.3 is 27.6 Å². The molecule has 6 saturated heterocycles. The van der Waals surface area contributed by atoms with Crippen LogP contribution in [0.3, 0.4) is 0 Å². The van der Waals surface area contributed by atoms with E-state index in [1.807, 2.05) is 121 Å². The van der Waals surface area contributed by atoms with Crippen molar-refractivity contribution >= 4 is 39.2 Å². The number of phosphoric ester groups is 2. The summed E-state index contributed by atoms with van der Waals surface area (Å²) in [7, 11) is -2.13. The van der Waals surface area contributed by atoms with E-state index in [4.69, 9.17) is 129 Å². The highest BCUT2D eigenvalue weighted by molar-refractivity contribution is 7.48. The number of phosphoric acid groups is 2. The van der Waals surface area contributed by atoms with Gasteiger partial charge in [-0.15, -0.1) is 0 Å². The zero-order valence-electron chi connectivity index (χ0n) is 68.5. The van der Waals surface area contributed by atoms with Crippen molar-refractivity contribution in [2.75, 3.05) is 81.3 Å². The van der Waals surface area contributed by atoms with Gasteiger partial charge in [0.05, 0.1) is 105 Å². The Labute approximate surface area is 723 Å². The molecule has 34 nitrogen and oxygen atoms in total. The number of hydrogen-bond donors (Lipinski definition) is 5. The number of alkyl halides is 1. The van der Waals surface area contributed by atoms with Crippen molar-refractivity contribution in [3.05, 3.63) is 225 Å². The van der Waals surface area contributed by atoms with Crippen LogP contribution in [-0.2, 0) is 120 Å². The van der Waals surface area contributed by atoms with Crippen LogP contribution in [0.2, 0.25) is 0 Å². The van der Waals surface area contributed by atoms with E-state index in [2.05, 4.69) is 0 Å². The molecule has 8 heterocycles. The number of aliphatic hydroxyl groups excluding tert-OH is 4. The van der Waals surface area contributed by atoms with E-state index >= 15 is 0 Å². The Morgan fingerprint density at radius 3 is 1.11 bits per heavy atom. The SMILES string of the molecule is COc1cc([C@@H]2c3cc4c(cc3[C@@H](O[C@@H]3O[C@@H]5COC(C)OC5[C@H](O)[C@H]3O)[C@H]3COC(=O)[C@H]23)OCO4)cc(OC)c1O.COc1cc([C@@H]2c3cc4c(cc3[C@@H](O[C@@H]3O[C@@H]5COC(C)OC5[C@H](O)[C@H]3O)[C@H]3COC(=O)[C@H]23)OCO4)cc(OC)c1OCOP(=O)(OCc1ccccc1)OCc1ccccc1.O=P(OCCl)(OCc1ccccc1)OCc1ccccc1. The van der Waals surface area contributed by atoms with E-state index in [-0.39, 0.29) is 107 Å². The summed E-state index contributed by atoms with van der Waals surface area (Å²) in [6, 6.07) is 50.8. The number of carbonyl (C=O) groups is 2. The molecule has 6 fully saturated rings. The summed E-state index contributed by atoms with van der Waals surface area (Å²) >= 11 is 5.49. The number of ether oxygens (including phenoxy) is 19. The topological polar surface area (TPSA) is 400 Å². The lowest BCUT2D eigenvalue weighted by molar-refractivity contribution is -0.364. The number of aliphatic hydroxyl groups is 4. The van der Waals surface area contributed by atoms with Crippen LogP contribution in [-0.4, -0.2) is 193 Å². The van der Waals surface area contributed by atoms with Gasteiger partial charge in [-0.25, -0.2) is 13.7 Å². The van der Waals surface area contributed by atoms with Crippen molar-refractivity contribution in [2.24, 2.45) is 23.7 Å². The summed E-state index contributed by atoms with van der Waals surface area (Å²) in [6.07, 6.45) is -13.9. The van der Waals surface area contributed by atoms with Gasteiger partial charge in [0.15, 0.2) is 71.2 Å². The van der Waals surface area contributed by atoms with E-state index in [0.717, 1.165) is 22.3 Å². The molecule has 18 rings (SSSR count). The number of rotatable bonds is 28. The van der Waals surface area contributed by atoms with Crippen LogP contribution in [0.15, 0.2) is 170 Å². The van der Waals surface area contributed by atoms with Crippen molar-refractivity contribution in [3.63, 3.8) is 0 Å². The monoisotopic (exact) mass is 1790 g/mol. The first-order valence-electron chi connectivity index (χ1n) is 40.3. The highest BCUT2D eigenvalue weighted by atomic mass is 35.5. The van der Waals surface area contributed by atoms with Crippen LogP contribution in [0.1, 0.15) is 93.5 Å². The standard InChI is InChI=1S/C44H47O17P.C29H32O13.C15H16ClO4P/c1-24-51-21-35-42(59-24)38(45)39(46)44(60-35)61-40-29-17-32-31(53-22-54-32)16-28(29)36(37-30(40)20-52-43(37)47)27-14-33(49-2)41(34(15-27)50-3)55-23-58-62(48,56-18-25-10-6-4-7-11-25)57-19-26-12-8-5-9-13-26;1-11-36-9-20-27(40-11)24(31)25(32)29(41-20)42-26-14-7-17-16(38-10-39-17)6-13(14)21(22-15(26)8-37-28(22)33)12-4-18(34-2)23(30)19(5-12)35-3;16-13-20-21(17,18-11-14-7-3-1-4-8-14)19-12-15-9-5-2-6-10-15/h4-17,24,30,35-40,42,44-46H,18-23H2,1-3H3;4-7,11,15,20-22,24-27,29-32H,8-10H2,1-3H3;1-10H,11-13H2/t24?,30-,35+,36+,37-,38+,39+,40+,42?,44-;11?,15-,20+,21+,22-,24+,25+,26+,27?,29-;/m00./s1. The number of cyclic esters (lactones) is 2. The quantitative estimate of drug-likeness (QED) is 0.0132. The van der Waals surface area contributed by atoms with Crippen LogP contribution in [0.5, 0.6) is 57.5 Å². The largest absolute Gasteiger partial charge is 0.502 e. The molecule has 20 atom stereocenters. The Balaban J connectivity index is 0.000000157. The van der Waals surface area contributed by atoms with Gasteiger partial charge in [-0.2, -0.15) is 0 Å². The normalized spacial score (nSPS) is 28.4. The molecule has 2 aliphatic carbocycles. The molecule has 37 heteroatoms. The molecule has 8 aromatic rings. The predicted molar refractivity (Wildman–Crippen MR) is 434 cm³/mol. The second kappa shape index (κ2) is 39.5. The minimum absolute atomic E-state index is 0.00868. The molecule has 0 amide bonds. The molecule has 0 bridgehead atoms. The molecule has 0 aromatic heterocycles. The number of carbonyl (C=O) groups excluding carboxylic acids is 2. The first kappa shape index (κ1) is 89.1. The maximum absolute atomic E-state index is 14.0. The highest BCUT2D eigenvalue weighted by Gasteiger charge is 2.59. The van der Waals surface area contributed by atoms with Gasteiger partial charge in [-0.05, 0) is 118 Å². The highest BCUT2D eigenvalue weighted by Crippen LogP contribution is 2.61. The molecular formula is C88H95ClO34P2. The second-order valence-corrected chi connectivity index (χ2v) is 34.1. The number of hydrogen-bond acceptors (Lipinski definition) is 34. The van der Waals surface area contributed by atoms with Gasteiger partial charge < -0.3 is 116 Å². The molecule has 10 aliphatic rings. The Bertz CT molecular complexity index is 4990. The summed E-state index contributed by atoms with van der Waals surface area (Å²) in [5.41, 5.74) is 7.16. The van der Waals surface area contributed by atoms with Gasteiger partial charge in [0, 0.05) is 23.7 Å². The van der Waals surface area contributed by atoms with Crippen molar-refractivity contribution in [1.29, 1.82) is 0 Å². The van der Waals surface area contributed by atoms with E-state index in [1.54, 1.807) is 62.4 Å². The number of fused-ring (bicyclic) bond motifs is 8. The van der Waals surface area contributed by atoms with E-state index in [1.165, 1.54) is 28.4 Å². The lowest BCUT2D eigenvalue weighted by Gasteiger charge is -2.47. The van der Waals surface area contributed by atoms with Gasteiger partial charge in [0.2, 0.25) is 31.9 Å².